The molecule has 1 N–H and O–H groups in total. The summed E-state index contributed by atoms with van der Waals surface area (Å²) >= 11 is 12.4. The highest BCUT2D eigenvalue weighted by Crippen LogP contribution is 2.46. The average Bonchev–Trinajstić information content (AvgIpc) is 2.80. The number of aliphatic carboxylic acids is 1. The number of carbonyl (C=O) groups excluding carboxylic acids is 1. The zero-order valence-corrected chi connectivity index (χ0v) is 19.4. The summed E-state index contributed by atoms with van der Waals surface area (Å²) in [5.74, 6) is -1.47. The lowest BCUT2D eigenvalue weighted by Crippen LogP contribution is -2.52. The van der Waals surface area contributed by atoms with Gasteiger partial charge in [-0.2, -0.15) is 0 Å². The van der Waals surface area contributed by atoms with Gasteiger partial charge in [-0.05, 0) is 47.9 Å². The minimum atomic E-state index is -1.12. The summed E-state index contributed by atoms with van der Waals surface area (Å²) in [6, 6.07) is 23.3. The molecule has 4 atom stereocenters. The molecule has 0 unspecified atom stereocenters. The molecule has 1 amide bonds. The molecule has 0 aromatic heterocycles. The van der Waals surface area contributed by atoms with Crippen LogP contribution >= 0.6 is 23.2 Å². The highest BCUT2D eigenvalue weighted by molar-refractivity contribution is 6.30. The number of benzene rings is 3. The maximum atomic E-state index is 13.7. The molecular formula is C26H23Cl2NO4. The summed E-state index contributed by atoms with van der Waals surface area (Å²) < 4.78 is 6.20. The van der Waals surface area contributed by atoms with Crippen LogP contribution in [0.1, 0.15) is 48.2 Å². The Morgan fingerprint density at radius 2 is 1.67 bits per heavy atom. The van der Waals surface area contributed by atoms with Gasteiger partial charge in [-0.1, -0.05) is 77.8 Å². The second-order valence-electron chi connectivity index (χ2n) is 8.03. The van der Waals surface area contributed by atoms with Crippen LogP contribution in [0.5, 0.6) is 0 Å². The van der Waals surface area contributed by atoms with E-state index in [1.54, 1.807) is 29.2 Å². The van der Waals surface area contributed by atoms with E-state index in [1.165, 1.54) is 0 Å². The van der Waals surface area contributed by atoms with Crippen LogP contribution in [0, 0.1) is 0 Å². The van der Waals surface area contributed by atoms with Crippen LogP contribution in [0.4, 0.5) is 0 Å². The number of hydrogen-bond donors (Lipinski definition) is 1. The van der Waals surface area contributed by atoms with Crippen LogP contribution in [0.25, 0.3) is 0 Å². The van der Waals surface area contributed by atoms with E-state index in [1.807, 2.05) is 61.5 Å². The minimum absolute atomic E-state index is 0.332. The summed E-state index contributed by atoms with van der Waals surface area (Å²) in [4.78, 5) is 27.0. The molecule has 0 spiro atoms. The Labute approximate surface area is 202 Å². The van der Waals surface area contributed by atoms with E-state index in [2.05, 4.69) is 0 Å². The monoisotopic (exact) mass is 483 g/mol. The molecule has 3 aromatic rings. The Hall–Kier alpha value is -2.86. The number of halogens is 2. The molecule has 7 heteroatoms. The lowest BCUT2D eigenvalue weighted by Gasteiger charge is -2.47. The largest absolute Gasteiger partial charge is 0.481 e. The molecule has 170 valence electrons. The second-order valence-corrected chi connectivity index (χ2v) is 8.90. The molecule has 33 heavy (non-hydrogen) atoms. The Morgan fingerprint density at radius 3 is 2.30 bits per heavy atom. The van der Waals surface area contributed by atoms with Crippen LogP contribution in [0.3, 0.4) is 0 Å². The molecule has 0 radical (unpaired) electrons. The van der Waals surface area contributed by atoms with Crippen LogP contribution < -0.4 is 0 Å². The van der Waals surface area contributed by atoms with E-state index < -0.39 is 30.6 Å². The number of rotatable bonds is 6. The summed E-state index contributed by atoms with van der Waals surface area (Å²) in [6.07, 6.45) is -2.18. The van der Waals surface area contributed by atoms with Crippen LogP contribution in [-0.2, 0) is 14.3 Å². The van der Waals surface area contributed by atoms with Gasteiger partial charge in [0.15, 0.2) is 0 Å². The van der Waals surface area contributed by atoms with Gasteiger partial charge in [-0.15, -0.1) is 0 Å². The summed E-state index contributed by atoms with van der Waals surface area (Å²) in [6.45, 7) is 1.94. The molecule has 1 aliphatic rings. The maximum absolute atomic E-state index is 13.7. The number of carboxylic acid groups (broad SMARTS) is 1. The summed E-state index contributed by atoms with van der Waals surface area (Å²) in [7, 11) is 0. The molecule has 4 rings (SSSR count). The van der Waals surface area contributed by atoms with Gasteiger partial charge in [-0.25, -0.2) is 0 Å². The second kappa shape index (κ2) is 9.96. The third-order valence-electron chi connectivity index (χ3n) is 5.88. The SMILES string of the molecule is C[C@H](c1ccccc1)N1C(=O)[C@@H](CC(=O)O)O[C@H](c2cccc(Cl)c2)[C@H]1c1ccc(Cl)cc1. The minimum Gasteiger partial charge on any atom is -0.481 e. The van der Waals surface area contributed by atoms with Crippen molar-refractivity contribution >= 4 is 35.1 Å². The number of morpholine rings is 1. The van der Waals surface area contributed by atoms with Crippen molar-refractivity contribution in [2.24, 2.45) is 0 Å². The molecule has 0 saturated carbocycles. The van der Waals surface area contributed by atoms with E-state index in [-0.39, 0.29) is 11.9 Å². The predicted molar refractivity (Wildman–Crippen MR) is 127 cm³/mol. The molecule has 0 aliphatic carbocycles. The van der Waals surface area contributed by atoms with E-state index in [4.69, 9.17) is 27.9 Å². The first-order valence-electron chi connectivity index (χ1n) is 10.6. The molecule has 1 fully saturated rings. The molecule has 1 heterocycles. The lowest BCUT2D eigenvalue weighted by molar-refractivity contribution is -0.183. The van der Waals surface area contributed by atoms with Crippen LogP contribution in [-0.4, -0.2) is 28.0 Å². The zero-order valence-electron chi connectivity index (χ0n) is 17.9. The third-order valence-corrected chi connectivity index (χ3v) is 6.36. The molecule has 5 nitrogen and oxygen atoms in total. The fraction of sp³-hybridized carbons (Fsp3) is 0.231. The summed E-state index contributed by atoms with van der Waals surface area (Å²) in [5, 5.41) is 10.6. The van der Waals surface area contributed by atoms with Gasteiger partial charge in [0.2, 0.25) is 0 Å². The third kappa shape index (κ3) is 5.06. The first-order valence-corrected chi connectivity index (χ1v) is 11.4. The fourth-order valence-corrected chi connectivity index (χ4v) is 4.64. The van der Waals surface area contributed by atoms with Gasteiger partial charge in [0.05, 0.1) is 18.5 Å². The van der Waals surface area contributed by atoms with E-state index in [9.17, 15) is 14.7 Å². The Bertz CT molecular complexity index is 1140. The Balaban J connectivity index is 1.88. The molecule has 1 aliphatic heterocycles. The van der Waals surface area contributed by atoms with E-state index in [0.29, 0.717) is 10.0 Å². The average molecular weight is 484 g/mol. The topological polar surface area (TPSA) is 66.8 Å². The zero-order chi connectivity index (χ0) is 23.5. The highest BCUT2D eigenvalue weighted by Gasteiger charge is 2.46. The van der Waals surface area contributed by atoms with E-state index >= 15 is 0 Å². The van der Waals surface area contributed by atoms with Gasteiger partial charge in [0.1, 0.15) is 12.2 Å². The van der Waals surface area contributed by atoms with Gasteiger partial charge < -0.3 is 14.7 Å². The van der Waals surface area contributed by atoms with Crippen molar-refractivity contribution in [3.8, 4) is 0 Å². The van der Waals surface area contributed by atoms with Crippen molar-refractivity contribution < 1.29 is 19.4 Å². The number of hydrogen-bond acceptors (Lipinski definition) is 3. The van der Waals surface area contributed by atoms with Crippen molar-refractivity contribution in [2.45, 2.75) is 37.6 Å². The van der Waals surface area contributed by atoms with Gasteiger partial charge in [-0.3, -0.25) is 9.59 Å². The number of ether oxygens (including phenoxy) is 1. The predicted octanol–water partition coefficient (Wildman–Crippen LogP) is 6.24. The number of carbonyl (C=O) groups is 2. The smallest absolute Gasteiger partial charge is 0.306 e. The highest BCUT2D eigenvalue weighted by atomic mass is 35.5. The summed E-state index contributed by atoms with van der Waals surface area (Å²) in [5.41, 5.74) is 2.52. The van der Waals surface area contributed by atoms with E-state index in [0.717, 1.165) is 16.7 Å². The fourth-order valence-electron chi connectivity index (χ4n) is 4.32. The molecular weight excluding hydrogens is 461 g/mol. The quantitative estimate of drug-likeness (QED) is 0.450. The van der Waals surface area contributed by atoms with Crippen molar-refractivity contribution in [3.63, 3.8) is 0 Å². The number of nitrogens with zero attached hydrogens (tertiary/aromatic N) is 1. The number of carboxylic acids is 1. The Kier molecular flexibility index (Phi) is 7.03. The maximum Gasteiger partial charge on any atom is 0.306 e. The first-order chi connectivity index (χ1) is 15.8. The molecule has 3 aromatic carbocycles. The normalized spacial score (nSPS) is 21.6. The van der Waals surface area contributed by atoms with Crippen LogP contribution in [0.2, 0.25) is 10.0 Å². The van der Waals surface area contributed by atoms with Gasteiger partial charge in [0, 0.05) is 10.0 Å². The standard InChI is InChI=1S/C26H23Cl2NO4/c1-16(17-6-3-2-4-7-17)29-24(18-10-12-20(27)13-11-18)25(19-8-5-9-21(28)14-19)33-22(26(29)32)15-23(30)31/h2-14,16,22,24-25H,15H2,1H3,(H,30,31)/t16-,22-,24-,25-/m1/s1. The van der Waals surface area contributed by atoms with Gasteiger partial charge >= 0.3 is 5.97 Å². The van der Waals surface area contributed by atoms with Crippen molar-refractivity contribution in [2.75, 3.05) is 0 Å². The first kappa shape index (κ1) is 23.3. The number of amides is 1. The molecule has 0 bridgehead atoms. The van der Waals surface area contributed by atoms with Gasteiger partial charge in [0.25, 0.3) is 5.91 Å². The Morgan fingerprint density at radius 1 is 0.970 bits per heavy atom. The lowest BCUT2D eigenvalue weighted by atomic mass is 9.89. The van der Waals surface area contributed by atoms with Crippen molar-refractivity contribution in [1.29, 1.82) is 0 Å². The van der Waals surface area contributed by atoms with Crippen LogP contribution in [0.15, 0.2) is 78.9 Å². The van der Waals surface area contributed by atoms with Crippen molar-refractivity contribution in [1.82, 2.24) is 4.90 Å². The molecule has 1 saturated heterocycles. The van der Waals surface area contributed by atoms with Crippen molar-refractivity contribution in [3.05, 3.63) is 106 Å².